The second-order valence-corrected chi connectivity index (χ2v) is 5.86. The normalized spacial score (nSPS) is 16.9. The predicted octanol–water partition coefficient (Wildman–Crippen LogP) is 2.56. The third-order valence-electron chi connectivity index (χ3n) is 3.82. The maximum Gasteiger partial charge on any atom is 0.137 e. The molecular formula is C15H21ClN4. The number of likely N-dealkylation sites (tertiary alicyclic amines) is 1. The topological polar surface area (TPSA) is 32.6 Å². The number of nitrogens with one attached hydrogen (secondary N) is 1. The molecule has 0 radical (unpaired) electrons. The Morgan fingerprint density at radius 1 is 1.15 bits per heavy atom. The van der Waals surface area contributed by atoms with Crippen LogP contribution < -0.4 is 5.32 Å². The molecule has 0 unspecified atom stereocenters. The smallest absolute Gasteiger partial charge is 0.137 e. The Balaban J connectivity index is 1.47. The molecule has 2 aromatic rings. The van der Waals surface area contributed by atoms with Crippen LogP contribution in [0.25, 0.3) is 5.65 Å². The first-order valence-electron chi connectivity index (χ1n) is 7.37. The molecular weight excluding hydrogens is 272 g/mol. The van der Waals surface area contributed by atoms with Crippen LogP contribution in [-0.4, -0.2) is 40.5 Å². The van der Waals surface area contributed by atoms with E-state index in [0.717, 1.165) is 36.0 Å². The average molecular weight is 293 g/mol. The summed E-state index contributed by atoms with van der Waals surface area (Å²) < 4.78 is 1.98. The van der Waals surface area contributed by atoms with Crippen molar-refractivity contribution in [2.24, 2.45) is 0 Å². The van der Waals surface area contributed by atoms with Gasteiger partial charge in [-0.2, -0.15) is 0 Å². The molecule has 1 fully saturated rings. The zero-order valence-corrected chi connectivity index (χ0v) is 12.4. The molecule has 0 saturated carbocycles. The van der Waals surface area contributed by atoms with Crippen LogP contribution in [0.4, 0.5) is 0 Å². The lowest BCUT2D eigenvalue weighted by Gasteiger charge is -2.26. The van der Waals surface area contributed by atoms with Crippen LogP contribution >= 0.6 is 11.6 Å². The number of rotatable bonds is 5. The summed E-state index contributed by atoms with van der Waals surface area (Å²) in [6.07, 6.45) is 8.03. The fraction of sp³-hybridized carbons (Fsp3) is 0.533. The highest BCUT2D eigenvalue weighted by atomic mass is 35.5. The number of pyridine rings is 1. The van der Waals surface area contributed by atoms with Gasteiger partial charge in [0.2, 0.25) is 0 Å². The molecule has 1 aliphatic heterocycles. The van der Waals surface area contributed by atoms with Crippen LogP contribution in [0.1, 0.15) is 25.0 Å². The van der Waals surface area contributed by atoms with Crippen molar-refractivity contribution < 1.29 is 0 Å². The third kappa shape index (κ3) is 3.51. The van der Waals surface area contributed by atoms with E-state index in [9.17, 15) is 0 Å². The first kappa shape index (κ1) is 13.9. The summed E-state index contributed by atoms with van der Waals surface area (Å²) in [6, 6.07) is 3.82. The second-order valence-electron chi connectivity index (χ2n) is 5.42. The van der Waals surface area contributed by atoms with Gasteiger partial charge in [0.25, 0.3) is 0 Å². The van der Waals surface area contributed by atoms with Gasteiger partial charge in [-0.3, -0.25) is 0 Å². The van der Waals surface area contributed by atoms with Crippen molar-refractivity contribution in [3.8, 4) is 0 Å². The number of piperidine rings is 1. The van der Waals surface area contributed by atoms with Crippen LogP contribution in [0, 0.1) is 0 Å². The maximum atomic E-state index is 5.97. The van der Waals surface area contributed by atoms with Crippen molar-refractivity contribution >= 4 is 17.2 Å². The molecule has 0 bridgehead atoms. The minimum atomic E-state index is 0.736. The number of nitrogens with zero attached hydrogens (tertiary/aromatic N) is 3. The summed E-state index contributed by atoms with van der Waals surface area (Å²) in [7, 11) is 0. The van der Waals surface area contributed by atoms with E-state index in [1.54, 1.807) is 0 Å². The van der Waals surface area contributed by atoms with Crippen molar-refractivity contribution in [1.82, 2.24) is 19.6 Å². The minimum absolute atomic E-state index is 0.736. The van der Waals surface area contributed by atoms with E-state index in [0.29, 0.717) is 0 Å². The zero-order valence-electron chi connectivity index (χ0n) is 11.7. The van der Waals surface area contributed by atoms with Gasteiger partial charge in [0.1, 0.15) is 5.65 Å². The van der Waals surface area contributed by atoms with Gasteiger partial charge in [0.15, 0.2) is 0 Å². The molecule has 3 heterocycles. The summed E-state index contributed by atoms with van der Waals surface area (Å²) in [5.74, 6) is 0. The summed E-state index contributed by atoms with van der Waals surface area (Å²) in [6.45, 7) is 5.49. The van der Waals surface area contributed by atoms with Crippen LogP contribution in [0.15, 0.2) is 24.5 Å². The van der Waals surface area contributed by atoms with Gasteiger partial charge in [0.05, 0.1) is 10.7 Å². The van der Waals surface area contributed by atoms with E-state index in [1.165, 1.54) is 32.4 Å². The maximum absolute atomic E-state index is 5.97. The van der Waals surface area contributed by atoms with E-state index in [-0.39, 0.29) is 0 Å². The van der Waals surface area contributed by atoms with E-state index in [4.69, 9.17) is 11.6 Å². The summed E-state index contributed by atoms with van der Waals surface area (Å²) in [5.41, 5.74) is 2.01. The Morgan fingerprint density at radius 2 is 2.00 bits per heavy atom. The highest BCUT2D eigenvalue weighted by molar-refractivity contribution is 6.30. The van der Waals surface area contributed by atoms with Crippen molar-refractivity contribution in [2.75, 3.05) is 26.2 Å². The van der Waals surface area contributed by atoms with E-state index in [1.807, 2.05) is 28.9 Å². The minimum Gasteiger partial charge on any atom is -0.310 e. The average Bonchev–Trinajstić information content (AvgIpc) is 2.86. The number of fused-ring (bicyclic) bond motifs is 1. The van der Waals surface area contributed by atoms with Gasteiger partial charge in [-0.05, 0) is 38.1 Å². The Kier molecular flexibility index (Phi) is 4.55. The monoisotopic (exact) mass is 292 g/mol. The SMILES string of the molecule is Clc1ccc2nc(CNCCN3CCCCC3)cn2c1. The molecule has 108 valence electrons. The zero-order chi connectivity index (χ0) is 13.8. The number of halogens is 1. The molecule has 20 heavy (non-hydrogen) atoms. The summed E-state index contributed by atoms with van der Waals surface area (Å²) in [5, 5.41) is 4.21. The van der Waals surface area contributed by atoms with Crippen molar-refractivity contribution in [2.45, 2.75) is 25.8 Å². The lowest BCUT2D eigenvalue weighted by molar-refractivity contribution is 0.229. The van der Waals surface area contributed by atoms with Crippen LogP contribution in [0.5, 0.6) is 0 Å². The largest absolute Gasteiger partial charge is 0.310 e. The van der Waals surface area contributed by atoms with Crippen molar-refractivity contribution in [3.05, 3.63) is 35.2 Å². The van der Waals surface area contributed by atoms with E-state index < -0.39 is 0 Å². The standard InChI is InChI=1S/C15H21ClN4/c16-13-4-5-15-18-14(12-20(15)11-13)10-17-6-9-19-7-2-1-3-8-19/h4-5,11-12,17H,1-3,6-10H2. The lowest BCUT2D eigenvalue weighted by Crippen LogP contribution is -2.35. The van der Waals surface area contributed by atoms with E-state index in [2.05, 4.69) is 15.2 Å². The quantitative estimate of drug-likeness (QED) is 0.860. The third-order valence-corrected chi connectivity index (χ3v) is 4.05. The van der Waals surface area contributed by atoms with Crippen molar-refractivity contribution in [1.29, 1.82) is 0 Å². The van der Waals surface area contributed by atoms with Gasteiger partial charge >= 0.3 is 0 Å². The lowest BCUT2D eigenvalue weighted by atomic mass is 10.1. The Hall–Kier alpha value is -1.10. The van der Waals surface area contributed by atoms with Gasteiger partial charge in [-0.1, -0.05) is 18.0 Å². The molecule has 0 aliphatic carbocycles. The van der Waals surface area contributed by atoms with Crippen molar-refractivity contribution in [3.63, 3.8) is 0 Å². The molecule has 0 amide bonds. The molecule has 0 spiro atoms. The molecule has 1 N–H and O–H groups in total. The Bertz CT molecular complexity index is 560. The highest BCUT2D eigenvalue weighted by Crippen LogP contribution is 2.11. The number of hydrogen-bond acceptors (Lipinski definition) is 3. The molecule has 4 nitrogen and oxygen atoms in total. The Labute approximate surface area is 124 Å². The Morgan fingerprint density at radius 3 is 2.85 bits per heavy atom. The highest BCUT2D eigenvalue weighted by Gasteiger charge is 2.09. The molecule has 3 rings (SSSR count). The molecule has 2 aromatic heterocycles. The predicted molar refractivity (Wildman–Crippen MR) is 82.2 cm³/mol. The number of imidazole rings is 1. The van der Waals surface area contributed by atoms with Crippen LogP contribution in [0.3, 0.4) is 0 Å². The molecule has 0 aromatic carbocycles. The fourth-order valence-corrected chi connectivity index (χ4v) is 2.91. The first-order chi connectivity index (χ1) is 9.81. The first-order valence-corrected chi connectivity index (χ1v) is 7.75. The molecule has 0 atom stereocenters. The van der Waals surface area contributed by atoms with Crippen LogP contribution in [0.2, 0.25) is 5.02 Å². The molecule has 1 saturated heterocycles. The summed E-state index contributed by atoms with van der Waals surface area (Å²) in [4.78, 5) is 7.11. The van der Waals surface area contributed by atoms with Gasteiger partial charge in [-0.25, -0.2) is 4.98 Å². The van der Waals surface area contributed by atoms with Gasteiger partial charge in [0, 0.05) is 32.0 Å². The van der Waals surface area contributed by atoms with E-state index >= 15 is 0 Å². The number of aromatic nitrogens is 2. The molecule has 1 aliphatic rings. The number of hydrogen-bond donors (Lipinski definition) is 1. The van der Waals surface area contributed by atoms with Gasteiger partial charge < -0.3 is 14.6 Å². The van der Waals surface area contributed by atoms with Crippen LogP contribution in [-0.2, 0) is 6.54 Å². The fourth-order valence-electron chi connectivity index (χ4n) is 2.74. The second kappa shape index (κ2) is 6.57. The molecule has 5 heteroatoms. The van der Waals surface area contributed by atoms with Gasteiger partial charge in [-0.15, -0.1) is 0 Å². The summed E-state index contributed by atoms with van der Waals surface area (Å²) >= 11 is 5.97.